The Morgan fingerprint density at radius 3 is 2.26 bits per heavy atom. The van der Waals surface area contributed by atoms with Crippen LogP contribution < -0.4 is 9.75 Å². The van der Waals surface area contributed by atoms with Crippen LogP contribution in [0.4, 0.5) is 4.39 Å². The quantitative estimate of drug-likeness (QED) is 0.195. The van der Waals surface area contributed by atoms with Crippen LogP contribution in [0.25, 0.3) is 44.1 Å². The number of rotatable bonds is 3. The molecule has 0 fully saturated rings. The van der Waals surface area contributed by atoms with Gasteiger partial charge in [-0.2, -0.15) is 4.57 Å². The first-order chi connectivity index (χ1) is 16.0. The fourth-order valence-corrected chi connectivity index (χ4v) is 6.26. The van der Waals surface area contributed by atoms with Gasteiger partial charge in [0.15, 0.2) is 0 Å². The molecule has 0 spiro atoms. The molecule has 0 amide bonds. The van der Waals surface area contributed by atoms with E-state index in [4.69, 9.17) is 4.42 Å². The number of aromatic nitrogens is 1. The molecule has 0 aliphatic heterocycles. The van der Waals surface area contributed by atoms with Crippen LogP contribution in [0.5, 0.6) is 0 Å². The van der Waals surface area contributed by atoms with Gasteiger partial charge in [0.25, 0.3) is 0 Å². The minimum atomic E-state index is -1.47. The summed E-state index contributed by atoms with van der Waals surface area (Å²) in [6.45, 7) is 16.0. The summed E-state index contributed by atoms with van der Waals surface area (Å²) in [4.78, 5) is 0. The average molecular weight is 471 g/mol. The number of nitrogens with zero attached hydrogens (tertiary/aromatic N) is 1. The fourth-order valence-electron chi connectivity index (χ4n) is 5.11. The van der Waals surface area contributed by atoms with Gasteiger partial charge in [0.05, 0.1) is 13.6 Å². The van der Waals surface area contributed by atoms with Crippen LogP contribution in [-0.2, 0) is 7.05 Å². The average Bonchev–Trinajstić information content (AvgIpc) is 3.11. The van der Waals surface area contributed by atoms with Crippen molar-refractivity contribution in [2.75, 3.05) is 0 Å². The predicted octanol–water partition coefficient (Wildman–Crippen LogP) is 7.66. The largest absolute Gasteiger partial charge is 0.455 e. The van der Waals surface area contributed by atoms with Gasteiger partial charge in [-0.05, 0) is 60.7 Å². The van der Waals surface area contributed by atoms with E-state index in [0.29, 0.717) is 11.5 Å². The zero-order valence-electron chi connectivity index (χ0n) is 21.4. The Balaban J connectivity index is 1.94. The van der Waals surface area contributed by atoms with Gasteiger partial charge < -0.3 is 4.42 Å². The smallest absolute Gasteiger partial charge is 0.217 e. The summed E-state index contributed by atoms with van der Waals surface area (Å²) in [6.07, 6.45) is 0. The van der Waals surface area contributed by atoms with Crippen molar-refractivity contribution >= 4 is 46.1 Å². The van der Waals surface area contributed by atoms with Crippen LogP contribution in [-0.4, -0.2) is 8.07 Å². The van der Waals surface area contributed by atoms with E-state index in [9.17, 15) is 4.39 Å². The second-order valence-electron chi connectivity index (χ2n) is 11.0. The maximum absolute atomic E-state index is 14.0. The molecule has 0 unspecified atom stereocenters. The molecule has 5 aromatic rings. The highest BCUT2D eigenvalue weighted by molar-refractivity contribution is 6.88. The predicted molar refractivity (Wildman–Crippen MR) is 144 cm³/mol. The fraction of sp³-hybridized carbons (Fsp3) is 0.300. The number of pyridine rings is 1. The molecular weight excluding hydrogens is 437 g/mol. The van der Waals surface area contributed by atoms with Crippen molar-refractivity contribution in [2.45, 2.75) is 53.3 Å². The molecule has 4 heteroatoms. The Morgan fingerprint density at radius 2 is 1.59 bits per heavy atom. The van der Waals surface area contributed by atoms with Crippen molar-refractivity contribution in [3.05, 3.63) is 71.0 Å². The monoisotopic (exact) mass is 470 g/mol. The van der Waals surface area contributed by atoms with Gasteiger partial charge in [-0.25, -0.2) is 4.39 Å². The molecule has 2 heterocycles. The maximum Gasteiger partial charge on any atom is 0.217 e. The highest BCUT2D eigenvalue weighted by atomic mass is 28.3. The molecule has 0 aliphatic rings. The highest BCUT2D eigenvalue weighted by Crippen LogP contribution is 2.40. The summed E-state index contributed by atoms with van der Waals surface area (Å²) < 4.78 is 22.7. The number of fused-ring (bicyclic) bond motifs is 4. The Morgan fingerprint density at radius 1 is 0.882 bits per heavy atom. The molecule has 174 valence electrons. The zero-order valence-corrected chi connectivity index (χ0v) is 22.4. The Labute approximate surface area is 202 Å². The van der Waals surface area contributed by atoms with E-state index in [0.717, 1.165) is 27.6 Å². The van der Waals surface area contributed by atoms with E-state index in [1.807, 2.05) is 6.07 Å². The number of aryl methyl sites for hydroxylation is 2. The third-order valence-corrected chi connectivity index (χ3v) is 9.36. The number of halogens is 1. The Bertz CT molecular complexity index is 1600. The molecule has 3 aromatic carbocycles. The molecule has 2 nitrogen and oxygen atoms in total. The van der Waals surface area contributed by atoms with Crippen molar-refractivity contribution < 1.29 is 13.4 Å². The SMILES string of the molecule is Cc1cc2c(oc3cc(F)ccc32)c(-c2cc(C(C)C)c3ccc([Si](C)(C)C)cc3[n+]2C)c1C. The van der Waals surface area contributed by atoms with Crippen LogP contribution in [0.2, 0.25) is 19.6 Å². The third-order valence-electron chi connectivity index (χ3n) is 7.31. The molecule has 0 atom stereocenters. The molecule has 0 aliphatic carbocycles. The topological polar surface area (TPSA) is 17.0 Å². The lowest BCUT2D eigenvalue weighted by molar-refractivity contribution is -0.633. The standard InChI is InChI=1S/C30H33FNOSi/c1-17(2)24-16-27(32(5)26-15-21(34(6,7)8)10-12-22(24)26)29-19(4)18(3)13-25-23-11-9-20(31)14-28(23)33-30(25)29/h9-17H,1-8H3/q+1. The van der Waals surface area contributed by atoms with Crippen LogP contribution in [0, 0.1) is 19.7 Å². The van der Waals surface area contributed by atoms with Crippen molar-refractivity contribution in [3.8, 4) is 11.3 Å². The lowest BCUT2D eigenvalue weighted by Crippen LogP contribution is -2.40. The van der Waals surface area contributed by atoms with E-state index in [-0.39, 0.29) is 5.82 Å². The van der Waals surface area contributed by atoms with Gasteiger partial charge in [-0.1, -0.05) is 44.7 Å². The third kappa shape index (κ3) is 3.47. The van der Waals surface area contributed by atoms with Gasteiger partial charge in [0.1, 0.15) is 24.0 Å². The van der Waals surface area contributed by atoms with Crippen molar-refractivity contribution in [2.24, 2.45) is 7.05 Å². The van der Waals surface area contributed by atoms with Gasteiger partial charge >= 0.3 is 0 Å². The second-order valence-corrected chi connectivity index (χ2v) is 16.1. The number of hydrogen-bond donors (Lipinski definition) is 0. The minimum absolute atomic E-state index is 0.279. The summed E-state index contributed by atoms with van der Waals surface area (Å²) in [5.41, 5.74) is 8.63. The van der Waals surface area contributed by atoms with Crippen LogP contribution in [0.1, 0.15) is 36.5 Å². The van der Waals surface area contributed by atoms with Gasteiger partial charge in [0, 0.05) is 34.4 Å². The highest BCUT2D eigenvalue weighted by Gasteiger charge is 2.27. The summed E-state index contributed by atoms with van der Waals surface area (Å²) in [6, 6.07) is 16.4. The molecule has 34 heavy (non-hydrogen) atoms. The van der Waals surface area contributed by atoms with E-state index in [1.54, 1.807) is 0 Å². The first-order valence-electron chi connectivity index (χ1n) is 12.1. The summed E-state index contributed by atoms with van der Waals surface area (Å²) >= 11 is 0. The first-order valence-corrected chi connectivity index (χ1v) is 15.6. The van der Waals surface area contributed by atoms with Crippen molar-refractivity contribution in [3.63, 3.8) is 0 Å². The van der Waals surface area contributed by atoms with Crippen LogP contribution in [0.15, 0.2) is 52.9 Å². The molecule has 0 saturated heterocycles. The van der Waals surface area contributed by atoms with Crippen molar-refractivity contribution in [1.29, 1.82) is 0 Å². The molecule has 2 aromatic heterocycles. The van der Waals surface area contributed by atoms with Crippen molar-refractivity contribution in [1.82, 2.24) is 0 Å². The van der Waals surface area contributed by atoms with Crippen LogP contribution >= 0.6 is 0 Å². The molecule has 0 radical (unpaired) electrons. The number of hydrogen-bond acceptors (Lipinski definition) is 1. The van der Waals surface area contributed by atoms with E-state index >= 15 is 0 Å². The molecule has 0 saturated carbocycles. The summed E-state index contributed by atoms with van der Waals surface area (Å²) in [5, 5.41) is 4.74. The second kappa shape index (κ2) is 7.77. The lowest BCUT2D eigenvalue weighted by atomic mass is 9.92. The number of benzene rings is 3. The van der Waals surface area contributed by atoms with Gasteiger partial charge in [-0.3, -0.25) is 0 Å². The zero-order chi connectivity index (χ0) is 24.5. The Kier molecular flexibility index (Phi) is 5.21. The van der Waals surface area contributed by atoms with Gasteiger partial charge in [0.2, 0.25) is 11.2 Å². The van der Waals surface area contributed by atoms with Gasteiger partial charge in [-0.15, -0.1) is 0 Å². The molecule has 5 rings (SSSR count). The molecule has 0 bridgehead atoms. The van der Waals surface area contributed by atoms with E-state index < -0.39 is 8.07 Å². The van der Waals surface area contributed by atoms with Crippen LogP contribution in [0.3, 0.4) is 0 Å². The summed E-state index contributed by atoms with van der Waals surface area (Å²) in [7, 11) is 0.685. The molecule has 0 N–H and O–H groups in total. The Hall–Kier alpha value is -2.98. The first kappa shape index (κ1) is 22.8. The number of furan rings is 1. The van der Waals surface area contributed by atoms with E-state index in [2.05, 4.69) is 89.3 Å². The lowest BCUT2D eigenvalue weighted by Gasteiger charge is -2.19. The maximum atomic E-state index is 14.0. The normalized spacial score (nSPS) is 12.5. The van der Waals surface area contributed by atoms with E-state index in [1.165, 1.54) is 44.9 Å². The summed E-state index contributed by atoms with van der Waals surface area (Å²) in [5.74, 6) is 0.101. The molecular formula is C30H33FNOSi+. The minimum Gasteiger partial charge on any atom is -0.455 e.